The zero-order valence-corrected chi connectivity index (χ0v) is 9.98. The zero-order valence-electron chi connectivity index (χ0n) is 9.22. The van der Waals surface area contributed by atoms with Gasteiger partial charge in [-0.05, 0) is 35.4 Å². The first kappa shape index (κ1) is 12.2. The molecule has 1 N–H and O–H groups in total. The first-order valence-electron chi connectivity index (χ1n) is 5.15. The second-order valence-electron chi connectivity index (χ2n) is 3.69. The number of benzene rings is 2. The van der Waals surface area contributed by atoms with E-state index < -0.39 is 5.97 Å². The molecule has 0 amide bonds. The third-order valence-corrected chi connectivity index (χ3v) is 2.84. The van der Waals surface area contributed by atoms with Crippen LogP contribution in [0.2, 0.25) is 5.02 Å². The molecule has 0 aliphatic rings. The monoisotopic (exact) mass is 257 g/mol. The van der Waals surface area contributed by atoms with Gasteiger partial charge in [0, 0.05) is 0 Å². The summed E-state index contributed by atoms with van der Waals surface area (Å²) in [6.45, 7) is 0. The summed E-state index contributed by atoms with van der Waals surface area (Å²) in [7, 11) is 0. The Morgan fingerprint density at radius 3 is 2.50 bits per heavy atom. The fraction of sp³-hybridized carbons (Fsp3) is 0. The van der Waals surface area contributed by atoms with Crippen LogP contribution in [0, 0.1) is 11.3 Å². The predicted molar refractivity (Wildman–Crippen MR) is 68.6 cm³/mol. The Kier molecular flexibility index (Phi) is 3.31. The lowest BCUT2D eigenvalue weighted by molar-refractivity contribution is 0.0697. The smallest absolute Gasteiger partial charge is 0.337 e. The zero-order chi connectivity index (χ0) is 13.1. The van der Waals surface area contributed by atoms with Gasteiger partial charge >= 0.3 is 5.97 Å². The number of halogens is 1. The van der Waals surface area contributed by atoms with Gasteiger partial charge in [-0.15, -0.1) is 0 Å². The Labute approximate surface area is 109 Å². The van der Waals surface area contributed by atoms with Crippen molar-refractivity contribution in [2.45, 2.75) is 0 Å². The van der Waals surface area contributed by atoms with E-state index in [-0.39, 0.29) is 10.6 Å². The first-order chi connectivity index (χ1) is 8.61. The molecule has 0 aromatic heterocycles. The largest absolute Gasteiger partial charge is 0.478 e. The molecule has 0 fully saturated rings. The number of carbonyl (C=O) groups is 1. The van der Waals surface area contributed by atoms with Gasteiger partial charge < -0.3 is 5.11 Å². The minimum Gasteiger partial charge on any atom is -0.478 e. The van der Waals surface area contributed by atoms with Gasteiger partial charge in [-0.3, -0.25) is 0 Å². The number of nitriles is 1. The Balaban J connectivity index is 2.49. The predicted octanol–water partition coefficient (Wildman–Crippen LogP) is 3.58. The maximum Gasteiger partial charge on any atom is 0.337 e. The molecular formula is C14H8ClNO2. The molecule has 0 bridgehead atoms. The molecule has 0 spiro atoms. The fourth-order valence-electron chi connectivity index (χ4n) is 1.64. The fourth-order valence-corrected chi connectivity index (χ4v) is 1.90. The highest BCUT2D eigenvalue weighted by molar-refractivity contribution is 6.33. The molecule has 2 aromatic carbocycles. The van der Waals surface area contributed by atoms with E-state index in [9.17, 15) is 4.79 Å². The molecule has 0 atom stereocenters. The van der Waals surface area contributed by atoms with Gasteiger partial charge in [-0.25, -0.2) is 4.79 Å². The van der Waals surface area contributed by atoms with Crippen molar-refractivity contribution in [1.29, 1.82) is 5.26 Å². The van der Waals surface area contributed by atoms with Crippen molar-refractivity contribution in [2.24, 2.45) is 0 Å². The van der Waals surface area contributed by atoms with Crippen molar-refractivity contribution >= 4 is 17.6 Å². The number of hydrogen-bond donors (Lipinski definition) is 1. The maximum absolute atomic E-state index is 10.8. The van der Waals surface area contributed by atoms with Gasteiger partial charge in [0.1, 0.15) is 0 Å². The Hall–Kier alpha value is -2.31. The number of nitrogens with zero attached hydrogens (tertiary/aromatic N) is 1. The third kappa shape index (κ3) is 2.34. The van der Waals surface area contributed by atoms with E-state index in [2.05, 4.69) is 6.07 Å². The van der Waals surface area contributed by atoms with Gasteiger partial charge in [-0.2, -0.15) is 5.26 Å². The number of carboxylic acids is 1. The molecule has 4 heteroatoms. The Bertz CT molecular complexity index is 659. The summed E-state index contributed by atoms with van der Waals surface area (Å²) in [5, 5.41) is 17.9. The number of rotatable bonds is 2. The molecule has 0 saturated heterocycles. The minimum absolute atomic E-state index is 0.0665. The van der Waals surface area contributed by atoms with Crippen LogP contribution >= 0.6 is 11.6 Å². The van der Waals surface area contributed by atoms with E-state index in [1.807, 2.05) is 6.07 Å². The van der Waals surface area contributed by atoms with Crippen LogP contribution in [0.1, 0.15) is 15.9 Å². The average Bonchev–Trinajstić information content (AvgIpc) is 2.38. The number of aromatic carboxylic acids is 1. The van der Waals surface area contributed by atoms with E-state index in [0.29, 0.717) is 5.56 Å². The molecule has 2 aromatic rings. The normalized spacial score (nSPS) is 9.78. The van der Waals surface area contributed by atoms with Crippen molar-refractivity contribution in [3.05, 3.63) is 58.6 Å². The SMILES string of the molecule is N#Cc1cccc(-c2ccc(C(=O)O)c(Cl)c2)c1. The maximum atomic E-state index is 10.8. The summed E-state index contributed by atoms with van der Waals surface area (Å²) in [6, 6.07) is 13.8. The highest BCUT2D eigenvalue weighted by Crippen LogP contribution is 2.26. The highest BCUT2D eigenvalue weighted by Gasteiger charge is 2.09. The van der Waals surface area contributed by atoms with E-state index >= 15 is 0 Å². The van der Waals surface area contributed by atoms with Crippen LogP contribution < -0.4 is 0 Å². The van der Waals surface area contributed by atoms with Gasteiger partial charge in [0.2, 0.25) is 0 Å². The molecule has 2 rings (SSSR count). The van der Waals surface area contributed by atoms with E-state index in [4.69, 9.17) is 22.0 Å². The number of carboxylic acid groups (broad SMARTS) is 1. The molecule has 0 heterocycles. The molecule has 88 valence electrons. The molecule has 3 nitrogen and oxygen atoms in total. The lowest BCUT2D eigenvalue weighted by atomic mass is 10.0. The van der Waals surface area contributed by atoms with E-state index in [1.165, 1.54) is 6.07 Å². The highest BCUT2D eigenvalue weighted by atomic mass is 35.5. The van der Waals surface area contributed by atoms with Crippen LogP contribution in [0.25, 0.3) is 11.1 Å². The van der Waals surface area contributed by atoms with Crippen molar-refractivity contribution in [2.75, 3.05) is 0 Å². The lowest BCUT2D eigenvalue weighted by Gasteiger charge is -2.05. The lowest BCUT2D eigenvalue weighted by Crippen LogP contribution is -1.97. The molecule has 0 unspecified atom stereocenters. The van der Waals surface area contributed by atoms with E-state index in [0.717, 1.165) is 11.1 Å². The van der Waals surface area contributed by atoms with Crippen LogP contribution in [-0.4, -0.2) is 11.1 Å². The second-order valence-corrected chi connectivity index (χ2v) is 4.10. The van der Waals surface area contributed by atoms with E-state index in [1.54, 1.807) is 30.3 Å². The van der Waals surface area contributed by atoms with Gasteiger partial charge in [-0.1, -0.05) is 29.8 Å². The summed E-state index contributed by atoms with van der Waals surface area (Å²) in [6.07, 6.45) is 0. The third-order valence-electron chi connectivity index (χ3n) is 2.52. The van der Waals surface area contributed by atoms with Crippen LogP contribution in [0.5, 0.6) is 0 Å². The molecule has 0 aliphatic heterocycles. The average molecular weight is 258 g/mol. The molecule has 0 saturated carbocycles. The van der Waals surface area contributed by atoms with Crippen molar-refractivity contribution in [1.82, 2.24) is 0 Å². The van der Waals surface area contributed by atoms with Crippen LogP contribution in [0.15, 0.2) is 42.5 Å². The second kappa shape index (κ2) is 4.91. The molecule has 0 aliphatic carbocycles. The topological polar surface area (TPSA) is 61.1 Å². The summed E-state index contributed by atoms with van der Waals surface area (Å²) < 4.78 is 0. The molecular weight excluding hydrogens is 250 g/mol. The standard InChI is InChI=1S/C14H8ClNO2/c15-13-7-11(4-5-12(13)14(17)18)10-3-1-2-9(6-10)8-16/h1-7H,(H,17,18). The van der Waals surface area contributed by atoms with Crippen LogP contribution in [-0.2, 0) is 0 Å². The summed E-state index contributed by atoms with van der Waals surface area (Å²) >= 11 is 5.90. The van der Waals surface area contributed by atoms with Crippen LogP contribution in [0.4, 0.5) is 0 Å². The Morgan fingerprint density at radius 1 is 1.17 bits per heavy atom. The van der Waals surface area contributed by atoms with Crippen molar-refractivity contribution in [3.63, 3.8) is 0 Å². The quantitative estimate of drug-likeness (QED) is 0.894. The Morgan fingerprint density at radius 2 is 1.89 bits per heavy atom. The summed E-state index contributed by atoms with van der Waals surface area (Å²) in [5.74, 6) is -1.06. The molecule has 18 heavy (non-hydrogen) atoms. The van der Waals surface area contributed by atoms with Crippen molar-refractivity contribution in [3.8, 4) is 17.2 Å². The molecule has 0 radical (unpaired) electrons. The number of hydrogen-bond acceptors (Lipinski definition) is 2. The van der Waals surface area contributed by atoms with Crippen LogP contribution in [0.3, 0.4) is 0 Å². The van der Waals surface area contributed by atoms with Gasteiger partial charge in [0.15, 0.2) is 0 Å². The van der Waals surface area contributed by atoms with Crippen molar-refractivity contribution < 1.29 is 9.90 Å². The summed E-state index contributed by atoms with van der Waals surface area (Å²) in [5.41, 5.74) is 2.22. The van der Waals surface area contributed by atoms with Gasteiger partial charge in [0.05, 0.1) is 22.2 Å². The van der Waals surface area contributed by atoms with Gasteiger partial charge in [0.25, 0.3) is 0 Å². The minimum atomic E-state index is -1.06. The summed E-state index contributed by atoms with van der Waals surface area (Å²) in [4.78, 5) is 10.8. The first-order valence-corrected chi connectivity index (χ1v) is 5.53.